The fourth-order valence-electron chi connectivity index (χ4n) is 2.75. The standard InChI is InChI=1S/C16H14ClN5/c17-15-18-6-5-14(20-15)11-3-4-13-12(9-11)10-19-16(21-13)22-7-1-2-8-22/h3-6,9-10H,1-2,7-8H2. The molecule has 1 aliphatic heterocycles. The molecule has 22 heavy (non-hydrogen) atoms. The Kier molecular flexibility index (Phi) is 3.35. The predicted octanol–water partition coefficient (Wildman–Crippen LogP) is 3.34. The number of fused-ring (bicyclic) bond motifs is 1. The van der Waals surface area contributed by atoms with Crippen LogP contribution in [0, 0.1) is 0 Å². The van der Waals surface area contributed by atoms with Crippen LogP contribution in [0.2, 0.25) is 5.28 Å². The topological polar surface area (TPSA) is 54.8 Å². The van der Waals surface area contributed by atoms with E-state index in [0.717, 1.165) is 41.2 Å². The van der Waals surface area contributed by atoms with Crippen LogP contribution >= 0.6 is 11.6 Å². The summed E-state index contributed by atoms with van der Waals surface area (Å²) >= 11 is 5.85. The Morgan fingerprint density at radius 1 is 1.00 bits per heavy atom. The summed E-state index contributed by atoms with van der Waals surface area (Å²) < 4.78 is 0. The highest BCUT2D eigenvalue weighted by Gasteiger charge is 2.15. The molecule has 0 atom stereocenters. The average molecular weight is 312 g/mol. The molecular formula is C16H14ClN5. The first-order valence-electron chi connectivity index (χ1n) is 7.30. The molecule has 0 N–H and O–H groups in total. The second-order valence-corrected chi connectivity index (χ2v) is 5.69. The van der Waals surface area contributed by atoms with Crippen molar-refractivity contribution >= 4 is 28.5 Å². The van der Waals surface area contributed by atoms with Gasteiger partial charge in [0.05, 0.1) is 11.2 Å². The monoisotopic (exact) mass is 311 g/mol. The highest BCUT2D eigenvalue weighted by molar-refractivity contribution is 6.28. The van der Waals surface area contributed by atoms with Crippen LogP contribution in [-0.4, -0.2) is 33.0 Å². The van der Waals surface area contributed by atoms with Crippen molar-refractivity contribution in [1.82, 2.24) is 19.9 Å². The molecule has 3 heterocycles. The van der Waals surface area contributed by atoms with Gasteiger partial charge in [0.25, 0.3) is 0 Å². The van der Waals surface area contributed by atoms with Crippen molar-refractivity contribution in [2.75, 3.05) is 18.0 Å². The molecule has 110 valence electrons. The van der Waals surface area contributed by atoms with E-state index < -0.39 is 0 Å². The van der Waals surface area contributed by atoms with Gasteiger partial charge in [-0.15, -0.1) is 0 Å². The summed E-state index contributed by atoms with van der Waals surface area (Å²) in [5.41, 5.74) is 2.72. The second kappa shape index (κ2) is 5.50. The van der Waals surface area contributed by atoms with Gasteiger partial charge in [-0.1, -0.05) is 6.07 Å². The molecule has 1 aliphatic rings. The second-order valence-electron chi connectivity index (χ2n) is 5.35. The number of anilines is 1. The summed E-state index contributed by atoms with van der Waals surface area (Å²) in [7, 11) is 0. The normalized spacial score (nSPS) is 14.7. The van der Waals surface area contributed by atoms with E-state index in [-0.39, 0.29) is 5.28 Å². The lowest BCUT2D eigenvalue weighted by Gasteiger charge is -2.15. The minimum atomic E-state index is 0.248. The molecular weight excluding hydrogens is 298 g/mol. The van der Waals surface area contributed by atoms with Crippen molar-refractivity contribution < 1.29 is 0 Å². The zero-order valence-electron chi connectivity index (χ0n) is 11.9. The maximum absolute atomic E-state index is 5.85. The average Bonchev–Trinajstić information content (AvgIpc) is 3.08. The Balaban J connectivity index is 1.74. The summed E-state index contributed by atoms with van der Waals surface area (Å²) in [4.78, 5) is 19.5. The van der Waals surface area contributed by atoms with E-state index in [1.54, 1.807) is 6.20 Å². The van der Waals surface area contributed by atoms with Gasteiger partial charge in [-0.25, -0.2) is 19.9 Å². The number of rotatable bonds is 2. The van der Waals surface area contributed by atoms with Crippen LogP contribution in [0.1, 0.15) is 12.8 Å². The summed E-state index contributed by atoms with van der Waals surface area (Å²) in [6.45, 7) is 2.09. The third kappa shape index (κ3) is 2.48. The molecule has 0 saturated carbocycles. The molecule has 2 aromatic heterocycles. The lowest BCUT2D eigenvalue weighted by atomic mass is 10.1. The van der Waals surface area contributed by atoms with Gasteiger partial charge >= 0.3 is 0 Å². The molecule has 3 aromatic rings. The van der Waals surface area contributed by atoms with E-state index in [2.05, 4.69) is 24.8 Å². The molecule has 1 saturated heterocycles. The van der Waals surface area contributed by atoms with Crippen LogP contribution in [-0.2, 0) is 0 Å². The van der Waals surface area contributed by atoms with Crippen molar-refractivity contribution in [3.05, 3.63) is 41.9 Å². The third-order valence-corrected chi connectivity index (χ3v) is 4.06. The first-order valence-corrected chi connectivity index (χ1v) is 7.68. The van der Waals surface area contributed by atoms with Crippen LogP contribution in [0.4, 0.5) is 5.95 Å². The fraction of sp³-hybridized carbons (Fsp3) is 0.250. The molecule has 1 aromatic carbocycles. The quantitative estimate of drug-likeness (QED) is 0.679. The van der Waals surface area contributed by atoms with Gasteiger partial charge in [-0.2, -0.15) is 0 Å². The lowest BCUT2D eigenvalue weighted by molar-refractivity contribution is 0.907. The van der Waals surface area contributed by atoms with Gasteiger partial charge in [-0.3, -0.25) is 0 Å². The van der Waals surface area contributed by atoms with Crippen molar-refractivity contribution in [1.29, 1.82) is 0 Å². The first kappa shape index (κ1) is 13.4. The summed E-state index contributed by atoms with van der Waals surface area (Å²) in [6.07, 6.45) is 5.97. The Hall–Kier alpha value is -2.27. The molecule has 0 unspecified atom stereocenters. The molecule has 0 aliphatic carbocycles. The lowest BCUT2D eigenvalue weighted by Crippen LogP contribution is -2.20. The number of aromatic nitrogens is 4. The highest BCUT2D eigenvalue weighted by Crippen LogP contribution is 2.24. The largest absolute Gasteiger partial charge is 0.341 e. The van der Waals surface area contributed by atoms with Crippen LogP contribution in [0.15, 0.2) is 36.7 Å². The van der Waals surface area contributed by atoms with Crippen molar-refractivity contribution in [3.8, 4) is 11.3 Å². The Morgan fingerprint density at radius 2 is 1.86 bits per heavy atom. The number of benzene rings is 1. The van der Waals surface area contributed by atoms with Crippen LogP contribution in [0.25, 0.3) is 22.2 Å². The van der Waals surface area contributed by atoms with Crippen molar-refractivity contribution in [3.63, 3.8) is 0 Å². The van der Waals surface area contributed by atoms with Gasteiger partial charge in [0, 0.05) is 36.4 Å². The Morgan fingerprint density at radius 3 is 2.68 bits per heavy atom. The maximum Gasteiger partial charge on any atom is 0.225 e. The molecule has 0 spiro atoms. The Bertz CT molecular complexity index is 830. The maximum atomic E-state index is 5.85. The van der Waals surface area contributed by atoms with E-state index in [1.165, 1.54) is 12.8 Å². The fourth-order valence-corrected chi connectivity index (χ4v) is 2.90. The number of hydrogen-bond donors (Lipinski definition) is 0. The van der Waals surface area contributed by atoms with E-state index in [0.29, 0.717) is 0 Å². The molecule has 6 heteroatoms. The SMILES string of the molecule is Clc1nccc(-c2ccc3nc(N4CCCC4)ncc3c2)n1. The van der Waals surface area contributed by atoms with E-state index in [9.17, 15) is 0 Å². The zero-order valence-corrected chi connectivity index (χ0v) is 12.7. The van der Waals surface area contributed by atoms with Crippen LogP contribution in [0.5, 0.6) is 0 Å². The Labute approximate surface area is 133 Å². The smallest absolute Gasteiger partial charge is 0.225 e. The highest BCUT2D eigenvalue weighted by atomic mass is 35.5. The molecule has 5 nitrogen and oxygen atoms in total. The number of nitrogens with zero attached hydrogens (tertiary/aromatic N) is 5. The van der Waals surface area contributed by atoms with Crippen LogP contribution < -0.4 is 4.90 Å². The minimum Gasteiger partial charge on any atom is -0.341 e. The predicted molar refractivity (Wildman–Crippen MR) is 87.0 cm³/mol. The summed E-state index contributed by atoms with van der Waals surface area (Å²) in [6, 6.07) is 7.87. The van der Waals surface area contributed by atoms with Gasteiger partial charge in [-0.05, 0) is 42.6 Å². The van der Waals surface area contributed by atoms with Gasteiger partial charge < -0.3 is 4.90 Å². The molecule has 0 bridgehead atoms. The molecule has 4 rings (SSSR count). The zero-order chi connectivity index (χ0) is 14.9. The van der Waals surface area contributed by atoms with Gasteiger partial charge in [0.2, 0.25) is 11.2 Å². The van der Waals surface area contributed by atoms with Crippen LogP contribution in [0.3, 0.4) is 0 Å². The minimum absolute atomic E-state index is 0.248. The van der Waals surface area contributed by atoms with Crippen molar-refractivity contribution in [2.45, 2.75) is 12.8 Å². The van der Waals surface area contributed by atoms with E-state index in [4.69, 9.17) is 11.6 Å². The number of hydrogen-bond acceptors (Lipinski definition) is 5. The molecule has 1 fully saturated rings. The van der Waals surface area contributed by atoms with Gasteiger partial charge in [0.1, 0.15) is 0 Å². The first-order chi connectivity index (χ1) is 10.8. The third-order valence-electron chi connectivity index (χ3n) is 3.88. The van der Waals surface area contributed by atoms with Crippen molar-refractivity contribution in [2.24, 2.45) is 0 Å². The van der Waals surface area contributed by atoms with Gasteiger partial charge in [0.15, 0.2) is 0 Å². The summed E-state index contributed by atoms with van der Waals surface area (Å²) in [5, 5.41) is 1.24. The molecule has 0 amide bonds. The molecule has 0 radical (unpaired) electrons. The number of halogens is 1. The van der Waals surface area contributed by atoms with E-state index in [1.807, 2.05) is 30.5 Å². The summed E-state index contributed by atoms with van der Waals surface area (Å²) in [5.74, 6) is 0.822. The van der Waals surface area contributed by atoms with E-state index >= 15 is 0 Å².